The smallest absolute Gasteiger partial charge is 0.315 e. The number of hydrogen-bond acceptors (Lipinski definition) is 5. The Kier molecular flexibility index (Phi) is 4.67. The SMILES string of the molecule is COc1cc(C=O)cc([N+](=O)[O-])c1OCc1cccc(F)c1. The van der Waals surface area contributed by atoms with Crippen molar-refractivity contribution in [3.8, 4) is 11.5 Å². The van der Waals surface area contributed by atoms with Crippen LogP contribution in [0, 0.1) is 15.9 Å². The Morgan fingerprint density at radius 3 is 2.68 bits per heavy atom. The first-order chi connectivity index (χ1) is 10.5. The van der Waals surface area contributed by atoms with Crippen molar-refractivity contribution >= 4 is 12.0 Å². The fourth-order valence-electron chi connectivity index (χ4n) is 1.89. The molecule has 0 aliphatic rings. The lowest BCUT2D eigenvalue weighted by Crippen LogP contribution is -2.02. The maximum Gasteiger partial charge on any atom is 0.315 e. The molecule has 0 aliphatic carbocycles. The summed E-state index contributed by atoms with van der Waals surface area (Å²) >= 11 is 0. The van der Waals surface area contributed by atoms with E-state index < -0.39 is 16.4 Å². The van der Waals surface area contributed by atoms with Crippen molar-refractivity contribution in [3.63, 3.8) is 0 Å². The second-order valence-electron chi connectivity index (χ2n) is 4.36. The first-order valence-electron chi connectivity index (χ1n) is 6.24. The molecule has 0 aliphatic heterocycles. The van der Waals surface area contributed by atoms with Gasteiger partial charge in [0.05, 0.1) is 12.0 Å². The normalized spacial score (nSPS) is 10.1. The molecule has 114 valence electrons. The number of methoxy groups -OCH3 is 1. The van der Waals surface area contributed by atoms with Crippen molar-refractivity contribution in [1.29, 1.82) is 0 Å². The number of carbonyl (C=O) groups is 1. The molecule has 0 spiro atoms. The van der Waals surface area contributed by atoms with E-state index in [0.29, 0.717) is 11.8 Å². The van der Waals surface area contributed by atoms with Crippen LogP contribution in [0.2, 0.25) is 0 Å². The molecular weight excluding hydrogens is 293 g/mol. The van der Waals surface area contributed by atoms with Gasteiger partial charge in [-0.3, -0.25) is 14.9 Å². The Balaban J connectivity index is 2.36. The standard InChI is InChI=1S/C15H12FNO5/c1-21-14-7-11(8-18)6-13(17(19)20)15(14)22-9-10-3-2-4-12(16)5-10/h2-8H,9H2,1H3. The van der Waals surface area contributed by atoms with Crippen LogP contribution < -0.4 is 9.47 Å². The number of benzene rings is 2. The van der Waals surface area contributed by atoms with Crippen LogP contribution in [-0.2, 0) is 6.61 Å². The Morgan fingerprint density at radius 2 is 2.09 bits per heavy atom. The highest BCUT2D eigenvalue weighted by atomic mass is 19.1. The predicted molar refractivity (Wildman–Crippen MR) is 75.8 cm³/mol. The minimum atomic E-state index is -0.670. The van der Waals surface area contributed by atoms with Crippen molar-refractivity contribution in [2.75, 3.05) is 7.11 Å². The third-order valence-electron chi connectivity index (χ3n) is 2.88. The topological polar surface area (TPSA) is 78.7 Å². The minimum absolute atomic E-state index is 0.0627. The predicted octanol–water partition coefficient (Wildman–Crippen LogP) is 3.13. The van der Waals surface area contributed by atoms with E-state index in [2.05, 4.69) is 0 Å². The van der Waals surface area contributed by atoms with Gasteiger partial charge < -0.3 is 9.47 Å². The summed E-state index contributed by atoms with van der Waals surface area (Å²) < 4.78 is 23.6. The quantitative estimate of drug-likeness (QED) is 0.465. The molecule has 2 aromatic rings. The zero-order chi connectivity index (χ0) is 16.1. The van der Waals surface area contributed by atoms with Gasteiger partial charge in [-0.2, -0.15) is 0 Å². The Morgan fingerprint density at radius 1 is 1.32 bits per heavy atom. The van der Waals surface area contributed by atoms with E-state index in [1.54, 1.807) is 6.07 Å². The molecule has 0 unspecified atom stereocenters. The molecule has 0 fully saturated rings. The molecule has 6 nitrogen and oxygen atoms in total. The molecule has 2 rings (SSSR count). The maximum absolute atomic E-state index is 13.1. The highest BCUT2D eigenvalue weighted by Gasteiger charge is 2.22. The van der Waals surface area contributed by atoms with Crippen LogP contribution in [0.4, 0.5) is 10.1 Å². The molecular formula is C15H12FNO5. The molecule has 22 heavy (non-hydrogen) atoms. The fraction of sp³-hybridized carbons (Fsp3) is 0.133. The number of nitro groups is 1. The van der Waals surface area contributed by atoms with Gasteiger partial charge in [-0.15, -0.1) is 0 Å². The number of hydrogen-bond donors (Lipinski definition) is 0. The van der Waals surface area contributed by atoms with E-state index in [9.17, 15) is 19.3 Å². The summed E-state index contributed by atoms with van der Waals surface area (Å²) in [4.78, 5) is 21.3. The largest absolute Gasteiger partial charge is 0.493 e. The van der Waals surface area contributed by atoms with Gasteiger partial charge in [0.1, 0.15) is 18.7 Å². The second-order valence-corrected chi connectivity index (χ2v) is 4.36. The highest BCUT2D eigenvalue weighted by molar-refractivity contribution is 5.79. The van der Waals surface area contributed by atoms with Crippen LogP contribution in [-0.4, -0.2) is 18.3 Å². The number of halogens is 1. The van der Waals surface area contributed by atoms with Crippen LogP contribution in [0.5, 0.6) is 11.5 Å². The lowest BCUT2D eigenvalue weighted by atomic mass is 10.2. The van der Waals surface area contributed by atoms with Crippen LogP contribution in [0.1, 0.15) is 15.9 Å². The summed E-state index contributed by atoms with van der Waals surface area (Å²) in [5.41, 5.74) is 0.218. The van der Waals surface area contributed by atoms with Gasteiger partial charge in [-0.1, -0.05) is 12.1 Å². The number of aldehydes is 1. The van der Waals surface area contributed by atoms with Crippen molar-refractivity contribution in [2.45, 2.75) is 6.61 Å². The van der Waals surface area contributed by atoms with Crippen LogP contribution in [0.3, 0.4) is 0 Å². The highest BCUT2D eigenvalue weighted by Crippen LogP contribution is 2.38. The third kappa shape index (κ3) is 3.38. The van der Waals surface area contributed by atoms with Gasteiger partial charge in [0.2, 0.25) is 5.75 Å². The summed E-state index contributed by atoms with van der Waals surface area (Å²) in [6.07, 6.45) is 0.478. The van der Waals surface area contributed by atoms with E-state index in [1.165, 1.54) is 31.4 Å². The van der Waals surface area contributed by atoms with E-state index in [4.69, 9.17) is 9.47 Å². The Bertz CT molecular complexity index is 717. The van der Waals surface area contributed by atoms with Crippen LogP contribution >= 0.6 is 0 Å². The second kappa shape index (κ2) is 6.66. The average molecular weight is 305 g/mol. The number of carbonyl (C=O) groups excluding carboxylic acids is 1. The van der Waals surface area contributed by atoms with Gasteiger partial charge in [0.15, 0.2) is 5.75 Å². The van der Waals surface area contributed by atoms with E-state index in [0.717, 1.165) is 6.07 Å². The van der Waals surface area contributed by atoms with Gasteiger partial charge in [0, 0.05) is 11.6 Å². The molecule has 0 amide bonds. The molecule has 0 atom stereocenters. The van der Waals surface area contributed by atoms with E-state index in [1.807, 2.05) is 0 Å². The zero-order valence-corrected chi connectivity index (χ0v) is 11.6. The Labute approximate surface area is 125 Å². The average Bonchev–Trinajstić information content (AvgIpc) is 2.52. The minimum Gasteiger partial charge on any atom is -0.493 e. The summed E-state index contributed by atoms with van der Waals surface area (Å²) in [6.45, 7) is -0.0740. The molecule has 0 heterocycles. The van der Waals surface area contributed by atoms with E-state index in [-0.39, 0.29) is 23.7 Å². The molecule has 0 aromatic heterocycles. The van der Waals surface area contributed by atoms with Crippen LogP contribution in [0.25, 0.3) is 0 Å². The summed E-state index contributed by atoms with van der Waals surface area (Å²) in [6, 6.07) is 8.11. The first-order valence-corrected chi connectivity index (χ1v) is 6.24. The van der Waals surface area contributed by atoms with Gasteiger partial charge in [-0.25, -0.2) is 4.39 Å². The number of nitro benzene ring substituents is 1. The maximum atomic E-state index is 13.1. The Hall–Kier alpha value is -2.96. The van der Waals surface area contributed by atoms with Crippen molar-refractivity contribution < 1.29 is 23.6 Å². The molecule has 0 saturated carbocycles. The lowest BCUT2D eigenvalue weighted by Gasteiger charge is -2.11. The van der Waals surface area contributed by atoms with Crippen molar-refractivity contribution in [1.82, 2.24) is 0 Å². The van der Waals surface area contributed by atoms with Gasteiger partial charge >= 0.3 is 5.69 Å². The summed E-state index contributed by atoms with van der Waals surface area (Å²) in [7, 11) is 1.31. The molecule has 0 radical (unpaired) electrons. The summed E-state index contributed by atoms with van der Waals surface area (Å²) in [5.74, 6) is -0.478. The van der Waals surface area contributed by atoms with E-state index >= 15 is 0 Å². The molecule has 0 saturated heterocycles. The first kappa shape index (κ1) is 15.4. The molecule has 0 N–H and O–H groups in total. The number of ether oxygens (including phenoxy) is 2. The third-order valence-corrected chi connectivity index (χ3v) is 2.88. The fourth-order valence-corrected chi connectivity index (χ4v) is 1.89. The van der Waals surface area contributed by atoms with Crippen LogP contribution in [0.15, 0.2) is 36.4 Å². The lowest BCUT2D eigenvalue weighted by molar-refractivity contribution is -0.386. The summed E-state index contributed by atoms with van der Waals surface area (Å²) in [5, 5.41) is 11.1. The number of rotatable bonds is 6. The number of nitrogens with zero attached hydrogens (tertiary/aromatic N) is 1. The van der Waals surface area contributed by atoms with Crippen molar-refractivity contribution in [3.05, 3.63) is 63.5 Å². The van der Waals surface area contributed by atoms with Gasteiger partial charge in [-0.05, 0) is 23.8 Å². The molecule has 7 heteroatoms. The van der Waals surface area contributed by atoms with Crippen molar-refractivity contribution in [2.24, 2.45) is 0 Å². The molecule has 2 aromatic carbocycles. The zero-order valence-electron chi connectivity index (χ0n) is 11.6. The molecule has 0 bridgehead atoms. The van der Waals surface area contributed by atoms with Gasteiger partial charge in [0.25, 0.3) is 0 Å². The monoisotopic (exact) mass is 305 g/mol.